The van der Waals surface area contributed by atoms with E-state index in [1.54, 1.807) is 33.3 Å². The summed E-state index contributed by atoms with van der Waals surface area (Å²) in [6.45, 7) is 0.418. The lowest BCUT2D eigenvalue weighted by Gasteiger charge is -2.47. The van der Waals surface area contributed by atoms with Crippen LogP contribution in [0.5, 0.6) is 0 Å². The van der Waals surface area contributed by atoms with Crippen LogP contribution in [-0.4, -0.2) is 44.1 Å². The van der Waals surface area contributed by atoms with E-state index in [1.165, 1.54) is 12.1 Å². The molecule has 0 bridgehead atoms. The van der Waals surface area contributed by atoms with Crippen molar-refractivity contribution in [2.24, 2.45) is 0 Å². The molecule has 1 N–H and O–H groups in total. The largest absolute Gasteiger partial charge is 0.356 e. The van der Waals surface area contributed by atoms with Crippen LogP contribution in [0.2, 0.25) is 0 Å². The number of rotatable bonds is 4. The number of non-ortho nitro benzene ring substituents is 1. The van der Waals surface area contributed by atoms with Gasteiger partial charge in [-0.15, -0.1) is 11.3 Å². The molecule has 2 aromatic heterocycles. The van der Waals surface area contributed by atoms with Crippen LogP contribution in [0.25, 0.3) is 10.9 Å². The van der Waals surface area contributed by atoms with E-state index in [1.807, 2.05) is 41.8 Å². The molecule has 2 aromatic carbocycles. The first-order chi connectivity index (χ1) is 16.5. The summed E-state index contributed by atoms with van der Waals surface area (Å²) in [4.78, 5) is 45.7. The number of para-hydroxylation sites is 1. The third-order valence-corrected chi connectivity index (χ3v) is 7.55. The molecule has 8 nitrogen and oxygen atoms in total. The van der Waals surface area contributed by atoms with Crippen LogP contribution in [0.15, 0.2) is 66.0 Å². The van der Waals surface area contributed by atoms with Crippen molar-refractivity contribution in [1.82, 2.24) is 14.8 Å². The zero-order valence-electron chi connectivity index (χ0n) is 18.0. The zero-order chi connectivity index (χ0) is 23.4. The van der Waals surface area contributed by atoms with E-state index in [2.05, 4.69) is 4.98 Å². The number of H-pyrrole nitrogens is 1. The van der Waals surface area contributed by atoms with E-state index in [4.69, 9.17) is 0 Å². The van der Waals surface area contributed by atoms with E-state index < -0.39 is 17.0 Å². The smallest absolute Gasteiger partial charge is 0.269 e. The maximum Gasteiger partial charge on any atom is 0.269 e. The lowest BCUT2D eigenvalue weighted by atomic mass is 9.86. The summed E-state index contributed by atoms with van der Waals surface area (Å²) in [7, 11) is 0. The Morgan fingerprint density at radius 2 is 1.85 bits per heavy atom. The average molecular weight is 473 g/mol. The second-order valence-corrected chi connectivity index (χ2v) is 9.64. The number of nitro benzene ring substituents is 1. The van der Waals surface area contributed by atoms with Crippen LogP contribution >= 0.6 is 11.3 Å². The van der Waals surface area contributed by atoms with Gasteiger partial charge in [-0.25, -0.2) is 0 Å². The number of carbonyl (C=O) groups excluding carboxylic acids is 2. The Morgan fingerprint density at radius 3 is 2.59 bits per heavy atom. The van der Waals surface area contributed by atoms with Crippen LogP contribution in [0.3, 0.4) is 0 Å². The molecule has 0 aliphatic carbocycles. The fraction of sp³-hybridized carbons (Fsp3) is 0.200. The van der Waals surface area contributed by atoms with Crippen LogP contribution in [0.4, 0.5) is 5.69 Å². The van der Waals surface area contributed by atoms with Gasteiger partial charge < -0.3 is 14.8 Å². The molecule has 0 saturated carbocycles. The average Bonchev–Trinajstić information content (AvgIpc) is 3.49. The molecular formula is C25H20N4O4S. The van der Waals surface area contributed by atoms with Gasteiger partial charge in [-0.3, -0.25) is 19.7 Å². The van der Waals surface area contributed by atoms with Crippen LogP contribution in [0, 0.1) is 10.1 Å². The van der Waals surface area contributed by atoms with E-state index >= 15 is 0 Å². The molecule has 6 rings (SSSR count). The van der Waals surface area contributed by atoms with Crippen molar-refractivity contribution in [3.05, 3.63) is 97.9 Å². The molecule has 9 heteroatoms. The first kappa shape index (κ1) is 20.6. The first-order valence-corrected chi connectivity index (χ1v) is 11.9. The van der Waals surface area contributed by atoms with Crippen molar-refractivity contribution in [3.8, 4) is 0 Å². The van der Waals surface area contributed by atoms with Gasteiger partial charge in [-0.05, 0) is 40.8 Å². The molecule has 0 radical (unpaired) electrons. The summed E-state index contributed by atoms with van der Waals surface area (Å²) >= 11 is 1.56. The summed E-state index contributed by atoms with van der Waals surface area (Å²) in [6.07, 6.45) is 0.425. The molecule has 4 aromatic rings. The number of carbonyl (C=O) groups is 2. The molecule has 4 heterocycles. The Balaban J connectivity index is 1.47. The Morgan fingerprint density at radius 1 is 1.06 bits per heavy atom. The number of nitrogens with one attached hydrogen (secondary N) is 1. The molecule has 170 valence electrons. The Hall–Kier alpha value is -3.98. The third kappa shape index (κ3) is 3.19. The standard InChI is InChI=1S/C25H20N4O4S/c30-22-14-27(13-17-4-3-11-34-17)25(31)21-12-19-18-5-1-2-6-20(18)26-23(19)24(28(21)22)15-7-9-16(10-8-15)29(32)33/h1-11,21,24,26H,12-14H2/t21-,24+/m1/s1. The molecule has 0 spiro atoms. The van der Waals surface area contributed by atoms with Crippen molar-refractivity contribution in [2.45, 2.75) is 25.0 Å². The van der Waals surface area contributed by atoms with Crippen molar-refractivity contribution in [3.63, 3.8) is 0 Å². The summed E-state index contributed by atoms with van der Waals surface area (Å²) in [6, 6.07) is 16.9. The molecule has 34 heavy (non-hydrogen) atoms. The van der Waals surface area contributed by atoms with Crippen LogP contribution in [0.1, 0.15) is 27.7 Å². The number of thiophene rings is 1. The number of aromatic amines is 1. The SMILES string of the molecule is O=C1[C@H]2Cc3c([nH]c4ccccc34)[C@H](c3ccc([N+](=O)[O-])cc3)N2C(=O)CN1Cc1cccs1. The predicted molar refractivity (Wildman–Crippen MR) is 127 cm³/mol. The van der Waals surface area contributed by atoms with Gasteiger partial charge in [0, 0.05) is 40.0 Å². The van der Waals surface area contributed by atoms with Gasteiger partial charge in [0.1, 0.15) is 12.6 Å². The van der Waals surface area contributed by atoms with Crippen molar-refractivity contribution >= 4 is 39.7 Å². The lowest BCUT2D eigenvalue weighted by Crippen LogP contribution is -2.62. The minimum Gasteiger partial charge on any atom is -0.356 e. The molecule has 1 saturated heterocycles. The number of fused-ring (bicyclic) bond motifs is 4. The van der Waals surface area contributed by atoms with Gasteiger partial charge in [-0.1, -0.05) is 24.3 Å². The number of benzene rings is 2. The highest BCUT2D eigenvalue weighted by atomic mass is 32.1. The minimum absolute atomic E-state index is 0.00623. The van der Waals surface area contributed by atoms with E-state index in [0.29, 0.717) is 13.0 Å². The highest BCUT2D eigenvalue weighted by molar-refractivity contribution is 7.09. The highest BCUT2D eigenvalue weighted by Crippen LogP contribution is 2.43. The molecule has 2 amide bonds. The van der Waals surface area contributed by atoms with Crippen molar-refractivity contribution in [2.75, 3.05) is 6.54 Å². The summed E-state index contributed by atoms with van der Waals surface area (Å²) in [5.74, 6) is -0.204. The number of hydrogen-bond donors (Lipinski definition) is 1. The molecule has 1 fully saturated rings. The Bertz CT molecular complexity index is 1430. The second kappa shape index (κ2) is 7.81. The molecular weight excluding hydrogens is 452 g/mol. The number of amides is 2. The van der Waals surface area contributed by atoms with E-state index in [0.717, 1.165) is 32.6 Å². The first-order valence-electron chi connectivity index (χ1n) is 11.0. The van der Waals surface area contributed by atoms with Crippen molar-refractivity contribution in [1.29, 1.82) is 0 Å². The third-order valence-electron chi connectivity index (χ3n) is 6.69. The molecule has 0 unspecified atom stereocenters. The summed E-state index contributed by atoms with van der Waals surface area (Å²) < 4.78 is 0. The number of nitro groups is 1. The highest BCUT2D eigenvalue weighted by Gasteiger charge is 2.48. The Labute approximate surface area is 198 Å². The van der Waals surface area contributed by atoms with E-state index in [9.17, 15) is 19.7 Å². The van der Waals surface area contributed by atoms with Crippen LogP contribution < -0.4 is 0 Å². The zero-order valence-corrected chi connectivity index (χ0v) is 18.8. The topological polar surface area (TPSA) is 99.5 Å². The van der Waals surface area contributed by atoms with Gasteiger partial charge in [0.25, 0.3) is 5.69 Å². The second-order valence-electron chi connectivity index (χ2n) is 8.61. The molecule has 2 atom stereocenters. The fourth-order valence-corrected chi connectivity index (χ4v) is 5.89. The van der Waals surface area contributed by atoms with Gasteiger partial charge in [0.05, 0.1) is 17.5 Å². The Kier molecular flexibility index (Phi) is 4.73. The number of piperazine rings is 1. The van der Waals surface area contributed by atoms with Crippen LogP contribution in [-0.2, 0) is 22.6 Å². The maximum atomic E-state index is 13.7. The summed E-state index contributed by atoms with van der Waals surface area (Å²) in [5, 5.41) is 14.2. The normalized spacial score (nSPS) is 19.9. The molecule has 2 aliphatic heterocycles. The summed E-state index contributed by atoms with van der Waals surface area (Å²) in [5.41, 5.74) is 3.53. The van der Waals surface area contributed by atoms with Crippen molar-refractivity contribution < 1.29 is 14.5 Å². The maximum absolute atomic E-state index is 13.7. The lowest BCUT2D eigenvalue weighted by molar-refractivity contribution is -0.384. The molecule has 2 aliphatic rings. The van der Waals surface area contributed by atoms with Gasteiger partial charge >= 0.3 is 0 Å². The van der Waals surface area contributed by atoms with Gasteiger partial charge in [0.15, 0.2) is 0 Å². The quantitative estimate of drug-likeness (QED) is 0.358. The van der Waals surface area contributed by atoms with Gasteiger partial charge in [0.2, 0.25) is 11.8 Å². The number of nitrogens with zero attached hydrogens (tertiary/aromatic N) is 3. The predicted octanol–water partition coefficient (Wildman–Crippen LogP) is 4.02. The number of hydrogen-bond acceptors (Lipinski definition) is 5. The fourth-order valence-electron chi connectivity index (χ4n) is 5.17. The van der Waals surface area contributed by atoms with Gasteiger partial charge in [-0.2, -0.15) is 0 Å². The van der Waals surface area contributed by atoms with E-state index in [-0.39, 0.29) is 24.0 Å². The number of aromatic nitrogens is 1. The monoisotopic (exact) mass is 472 g/mol. The minimum atomic E-state index is -0.631.